The average Bonchev–Trinajstić information content (AvgIpc) is 2.18. The molecule has 7 heteroatoms. The molecule has 0 saturated carbocycles. The van der Waals surface area contributed by atoms with Crippen LogP contribution in [-0.2, 0) is 27.3 Å². The van der Waals surface area contributed by atoms with Crippen LogP contribution in [0.25, 0.3) is 0 Å². The molecule has 0 atom stereocenters. The molecular weight excluding hydrogens is 269 g/mol. The van der Waals surface area contributed by atoms with E-state index in [1.165, 1.54) is 0 Å². The van der Waals surface area contributed by atoms with Crippen LogP contribution >= 0.6 is 0 Å². The molecule has 0 spiro atoms. The summed E-state index contributed by atoms with van der Waals surface area (Å²) in [7, 11) is 0. The van der Waals surface area contributed by atoms with Gasteiger partial charge in [0.1, 0.15) is 0 Å². The van der Waals surface area contributed by atoms with Gasteiger partial charge in [0.05, 0.1) is 0 Å². The SMILES string of the molecule is NCCN.NCCN.NCCN.[Cd]. The first-order valence-corrected chi connectivity index (χ1v) is 3.95. The van der Waals surface area contributed by atoms with E-state index in [9.17, 15) is 0 Å². The standard InChI is InChI=1S/3C2H8N2.Cd/c3*3-1-2-4;/h3*1-4H2;. The van der Waals surface area contributed by atoms with Crippen LogP contribution in [0.15, 0.2) is 0 Å². The second-order valence-electron chi connectivity index (χ2n) is 1.73. The molecule has 80 valence electrons. The fraction of sp³-hybridized carbons (Fsp3) is 1.00. The van der Waals surface area contributed by atoms with Crippen LogP contribution in [0.4, 0.5) is 0 Å². The Hall–Kier alpha value is 0.682. The van der Waals surface area contributed by atoms with Crippen molar-refractivity contribution >= 4 is 0 Å². The topological polar surface area (TPSA) is 156 Å². The van der Waals surface area contributed by atoms with Gasteiger partial charge in [-0.25, -0.2) is 0 Å². The number of rotatable bonds is 3. The van der Waals surface area contributed by atoms with Crippen molar-refractivity contribution in [2.45, 2.75) is 0 Å². The third-order valence-corrected chi connectivity index (χ3v) is 0.500. The van der Waals surface area contributed by atoms with Crippen molar-refractivity contribution in [2.75, 3.05) is 39.3 Å². The van der Waals surface area contributed by atoms with Crippen molar-refractivity contribution in [3.8, 4) is 0 Å². The van der Waals surface area contributed by atoms with Crippen molar-refractivity contribution in [2.24, 2.45) is 34.4 Å². The molecule has 0 aliphatic rings. The Morgan fingerprint density at radius 2 is 0.462 bits per heavy atom. The quantitative estimate of drug-likeness (QED) is 0.299. The van der Waals surface area contributed by atoms with Crippen molar-refractivity contribution in [1.29, 1.82) is 0 Å². The molecule has 6 nitrogen and oxygen atoms in total. The normalized spacial score (nSPS) is 6.92. The Morgan fingerprint density at radius 1 is 0.385 bits per heavy atom. The third kappa shape index (κ3) is 107. The molecule has 0 amide bonds. The molecule has 0 aliphatic heterocycles. The van der Waals surface area contributed by atoms with Gasteiger partial charge >= 0.3 is 0 Å². The molecule has 0 aliphatic carbocycles. The van der Waals surface area contributed by atoms with E-state index in [0.717, 1.165) is 0 Å². The summed E-state index contributed by atoms with van der Waals surface area (Å²) in [6.45, 7) is 3.58. The predicted octanol–water partition coefficient (Wildman–Crippen LogP) is -3.29. The van der Waals surface area contributed by atoms with Crippen LogP contribution in [0.5, 0.6) is 0 Å². The fourth-order valence-electron chi connectivity index (χ4n) is 0. The van der Waals surface area contributed by atoms with Gasteiger partial charge in [-0.3, -0.25) is 0 Å². The van der Waals surface area contributed by atoms with Gasteiger partial charge in [-0.05, 0) is 0 Å². The summed E-state index contributed by atoms with van der Waals surface area (Å²) in [5, 5.41) is 0. The van der Waals surface area contributed by atoms with Gasteiger partial charge in [0.25, 0.3) is 0 Å². The molecule has 0 aromatic heterocycles. The summed E-state index contributed by atoms with van der Waals surface area (Å²) in [5.41, 5.74) is 29.4. The van der Waals surface area contributed by atoms with E-state index < -0.39 is 0 Å². The Balaban J connectivity index is -0.0000000450. The van der Waals surface area contributed by atoms with Gasteiger partial charge in [-0.1, -0.05) is 0 Å². The number of hydrogen-bond donors (Lipinski definition) is 6. The fourth-order valence-corrected chi connectivity index (χ4v) is 0. The van der Waals surface area contributed by atoms with E-state index >= 15 is 0 Å². The minimum atomic E-state index is 0. The zero-order valence-corrected chi connectivity index (χ0v) is 12.5. The molecule has 0 radical (unpaired) electrons. The van der Waals surface area contributed by atoms with Gasteiger partial charge in [0, 0.05) is 66.6 Å². The summed E-state index contributed by atoms with van der Waals surface area (Å²) < 4.78 is 0. The first-order valence-electron chi connectivity index (χ1n) is 3.95. The first-order chi connectivity index (χ1) is 5.74. The summed E-state index contributed by atoms with van der Waals surface area (Å²) in [4.78, 5) is 0. The zero-order valence-electron chi connectivity index (χ0n) is 8.41. The first kappa shape index (κ1) is 23.5. The molecule has 0 fully saturated rings. The van der Waals surface area contributed by atoms with Gasteiger partial charge in [0.15, 0.2) is 0 Å². The Bertz CT molecular complexity index is 32.6. The molecule has 13 heavy (non-hydrogen) atoms. The van der Waals surface area contributed by atoms with Crippen LogP contribution in [0.1, 0.15) is 0 Å². The van der Waals surface area contributed by atoms with Gasteiger partial charge < -0.3 is 34.4 Å². The van der Waals surface area contributed by atoms with Crippen molar-refractivity contribution in [3.05, 3.63) is 0 Å². The predicted molar refractivity (Wildman–Crippen MR) is 54.3 cm³/mol. The second kappa shape index (κ2) is 38.8. The maximum atomic E-state index is 4.90. The molecule has 0 bridgehead atoms. The van der Waals surface area contributed by atoms with E-state index in [1.807, 2.05) is 0 Å². The van der Waals surface area contributed by atoms with Gasteiger partial charge in [0.2, 0.25) is 0 Å². The van der Waals surface area contributed by atoms with Crippen LogP contribution in [0.2, 0.25) is 0 Å². The molecule has 0 aromatic rings. The number of nitrogens with two attached hydrogens (primary N) is 6. The van der Waals surface area contributed by atoms with Gasteiger partial charge in [-0.2, -0.15) is 0 Å². The average molecular weight is 293 g/mol. The summed E-state index contributed by atoms with van der Waals surface area (Å²) in [5.74, 6) is 0. The maximum Gasteiger partial charge on any atom is 0.00461 e. The van der Waals surface area contributed by atoms with E-state index in [2.05, 4.69) is 0 Å². The maximum absolute atomic E-state index is 4.90. The van der Waals surface area contributed by atoms with E-state index in [0.29, 0.717) is 39.3 Å². The molecule has 0 unspecified atom stereocenters. The molecule has 0 aromatic carbocycles. The van der Waals surface area contributed by atoms with Crippen LogP contribution in [0.3, 0.4) is 0 Å². The van der Waals surface area contributed by atoms with Crippen molar-refractivity contribution in [3.63, 3.8) is 0 Å². The minimum absolute atomic E-state index is 0. The van der Waals surface area contributed by atoms with E-state index in [4.69, 9.17) is 34.4 Å². The van der Waals surface area contributed by atoms with Gasteiger partial charge in [-0.15, -0.1) is 0 Å². The monoisotopic (exact) mass is 294 g/mol. The summed E-state index contributed by atoms with van der Waals surface area (Å²) >= 11 is 0. The van der Waals surface area contributed by atoms with Crippen molar-refractivity contribution in [1.82, 2.24) is 0 Å². The van der Waals surface area contributed by atoms with Crippen LogP contribution in [0, 0.1) is 0 Å². The zero-order chi connectivity index (χ0) is 10.2. The van der Waals surface area contributed by atoms with Crippen LogP contribution in [-0.4, -0.2) is 39.3 Å². The largest absolute Gasteiger partial charge is 0.329 e. The molecule has 0 heterocycles. The van der Waals surface area contributed by atoms with Crippen LogP contribution < -0.4 is 34.4 Å². The van der Waals surface area contributed by atoms with Crippen molar-refractivity contribution < 1.29 is 27.3 Å². The smallest absolute Gasteiger partial charge is 0.00461 e. The van der Waals surface area contributed by atoms with E-state index in [1.54, 1.807) is 0 Å². The molecular formula is C6H24CdN6. The van der Waals surface area contributed by atoms with E-state index in [-0.39, 0.29) is 27.3 Å². The Morgan fingerprint density at radius 3 is 0.462 bits per heavy atom. The minimum Gasteiger partial charge on any atom is -0.329 e. The summed E-state index contributed by atoms with van der Waals surface area (Å²) in [6.07, 6.45) is 0. The summed E-state index contributed by atoms with van der Waals surface area (Å²) in [6, 6.07) is 0. The Labute approximate surface area is 101 Å². The Kier molecular flexibility index (Phi) is 70.0. The molecule has 12 N–H and O–H groups in total. The molecule has 0 rings (SSSR count). The molecule has 0 saturated heterocycles. The second-order valence-corrected chi connectivity index (χ2v) is 1.73. The number of hydrogen-bond acceptors (Lipinski definition) is 6. The third-order valence-electron chi connectivity index (χ3n) is 0.500.